The second-order valence-corrected chi connectivity index (χ2v) is 6.21. The van der Waals surface area contributed by atoms with Crippen molar-refractivity contribution < 1.29 is 0 Å². The highest BCUT2D eigenvalue weighted by Crippen LogP contribution is 2.47. The summed E-state index contributed by atoms with van der Waals surface area (Å²) in [4.78, 5) is 2.40. The summed E-state index contributed by atoms with van der Waals surface area (Å²) in [7, 11) is 0. The van der Waals surface area contributed by atoms with Crippen molar-refractivity contribution in [2.75, 3.05) is 30.3 Å². The first-order valence-electron chi connectivity index (χ1n) is 8.04. The summed E-state index contributed by atoms with van der Waals surface area (Å²) in [5, 5.41) is 3.49. The molecule has 1 saturated heterocycles. The molecule has 0 bridgehead atoms. The number of nitrogens with one attached hydrogen (secondary N) is 1. The van der Waals surface area contributed by atoms with Crippen LogP contribution in [0.2, 0.25) is 0 Å². The maximum absolute atomic E-state index is 5.83. The van der Waals surface area contributed by atoms with Crippen molar-refractivity contribution >= 4 is 11.4 Å². The van der Waals surface area contributed by atoms with E-state index in [1.54, 1.807) is 0 Å². The quantitative estimate of drug-likeness (QED) is 0.839. The topological polar surface area (TPSA) is 41.3 Å². The van der Waals surface area contributed by atoms with Gasteiger partial charge in [-0.05, 0) is 68.8 Å². The molecular formula is C19H25N3. The average Bonchev–Trinajstić information content (AvgIpc) is 2.83. The minimum Gasteiger partial charge on any atom is -0.399 e. The van der Waals surface area contributed by atoms with E-state index in [1.165, 1.54) is 29.8 Å². The molecule has 3 rings (SSSR count). The Morgan fingerprint density at radius 3 is 2.50 bits per heavy atom. The Morgan fingerprint density at radius 2 is 1.91 bits per heavy atom. The Kier molecular flexibility index (Phi) is 4.08. The van der Waals surface area contributed by atoms with Crippen LogP contribution in [0, 0.1) is 5.41 Å². The number of piperidine rings is 1. The van der Waals surface area contributed by atoms with E-state index in [4.69, 9.17) is 5.73 Å². The minimum absolute atomic E-state index is 0.239. The molecule has 1 spiro atoms. The molecule has 0 aromatic heterocycles. The first kappa shape index (κ1) is 14.9. The Labute approximate surface area is 133 Å². The molecule has 0 radical (unpaired) electrons. The predicted molar refractivity (Wildman–Crippen MR) is 94.8 cm³/mol. The van der Waals surface area contributed by atoms with Crippen LogP contribution in [0.4, 0.5) is 11.4 Å². The number of anilines is 2. The average molecular weight is 295 g/mol. The molecule has 2 aliphatic heterocycles. The molecule has 22 heavy (non-hydrogen) atoms. The van der Waals surface area contributed by atoms with Crippen molar-refractivity contribution in [2.45, 2.75) is 19.8 Å². The van der Waals surface area contributed by atoms with Crippen LogP contribution in [0.1, 0.15) is 19.8 Å². The van der Waals surface area contributed by atoms with E-state index >= 15 is 0 Å². The molecular weight excluding hydrogens is 270 g/mol. The van der Waals surface area contributed by atoms with Crippen molar-refractivity contribution in [1.29, 1.82) is 0 Å². The highest BCUT2D eigenvalue weighted by Gasteiger charge is 2.43. The van der Waals surface area contributed by atoms with Gasteiger partial charge in [-0.25, -0.2) is 0 Å². The normalized spacial score (nSPS) is 21.0. The Morgan fingerprint density at radius 1 is 1.23 bits per heavy atom. The summed E-state index contributed by atoms with van der Waals surface area (Å²) < 4.78 is 0. The van der Waals surface area contributed by atoms with Crippen LogP contribution in [-0.2, 0) is 0 Å². The Bertz CT molecular complexity index is 604. The number of nitrogens with two attached hydrogens (primary N) is 1. The first-order valence-corrected chi connectivity index (χ1v) is 8.04. The third kappa shape index (κ3) is 2.46. The molecule has 116 valence electrons. The van der Waals surface area contributed by atoms with Crippen molar-refractivity contribution in [3.63, 3.8) is 0 Å². The smallest absolute Gasteiger partial charge is 0.0443 e. The number of nitrogen functional groups attached to an aromatic ring is 1. The zero-order chi connectivity index (χ0) is 15.6. The summed E-state index contributed by atoms with van der Waals surface area (Å²) >= 11 is 0. The molecule has 2 heterocycles. The van der Waals surface area contributed by atoms with Gasteiger partial charge < -0.3 is 16.0 Å². The maximum atomic E-state index is 5.83. The number of allylic oxidation sites excluding steroid dienone is 3. The van der Waals surface area contributed by atoms with Crippen LogP contribution in [0.25, 0.3) is 0 Å². The molecule has 3 N–H and O–H groups in total. The second kappa shape index (κ2) is 6.01. The molecule has 0 atom stereocenters. The van der Waals surface area contributed by atoms with Gasteiger partial charge in [0, 0.05) is 29.0 Å². The highest BCUT2D eigenvalue weighted by atomic mass is 15.2. The molecule has 3 heteroatoms. The van der Waals surface area contributed by atoms with Crippen molar-refractivity contribution in [2.24, 2.45) is 5.41 Å². The van der Waals surface area contributed by atoms with Gasteiger partial charge in [0.25, 0.3) is 0 Å². The zero-order valence-corrected chi connectivity index (χ0v) is 13.3. The summed E-state index contributed by atoms with van der Waals surface area (Å²) in [6.45, 7) is 9.36. The number of benzene rings is 1. The lowest BCUT2D eigenvalue weighted by molar-refractivity contribution is 0.280. The fraction of sp³-hybridized carbons (Fsp3) is 0.368. The molecule has 0 unspecified atom stereocenters. The van der Waals surface area contributed by atoms with E-state index < -0.39 is 0 Å². The summed E-state index contributed by atoms with van der Waals surface area (Å²) in [6, 6.07) is 8.15. The van der Waals surface area contributed by atoms with Crippen LogP contribution in [0.5, 0.6) is 0 Å². The van der Waals surface area contributed by atoms with E-state index in [0.717, 1.165) is 25.3 Å². The third-order valence-corrected chi connectivity index (χ3v) is 4.89. The van der Waals surface area contributed by atoms with Crippen molar-refractivity contribution in [3.8, 4) is 0 Å². The first-order chi connectivity index (χ1) is 10.7. The molecule has 0 saturated carbocycles. The van der Waals surface area contributed by atoms with E-state index in [2.05, 4.69) is 48.0 Å². The lowest BCUT2D eigenvalue weighted by Crippen LogP contribution is -2.40. The van der Waals surface area contributed by atoms with Gasteiger partial charge in [-0.1, -0.05) is 18.7 Å². The van der Waals surface area contributed by atoms with Crippen LogP contribution < -0.4 is 16.0 Å². The zero-order valence-electron chi connectivity index (χ0n) is 13.3. The molecule has 3 nitrogen and oxygen atoms in total. The summed E-state index contributed by atoms with van der Waals surface area (Å²) in [6.07, 6.45) is 8.78. The molecule has 1 aromatic carbocycles. The Balaban J connectivity index is 2.05. The van der Waals surface area contributed by atoms with Gasteiger partial charge in [0.15, 0.2) is 0 Å². The minimum atomic E-state index is 0.239. The van der Waals surface area contributed by atoms with Gasteiger partial charge in [0.2, 0.25) is 0 Å². The van der Waals surface area contributed by atoms with E-state index in [1.807, 2.05) is 18.2 Å². The lowest BCUT2D eigenvalue weighted by atomic mass is 9.73. The lowest BCUT2D eigenvalue weighted by Gasteiger charge is -2.36. The molecule has 2 aliphatic rings. The van der Waals surface area contributed by atoms with Crippen LogP contribution >= 0.6 is 0 Å². The fourth-order valence-corrected chi connectivity index (χ4v) is 3.76. The number of hydrogen-bond acceptors (Lipinski definition) is 3. The predicted octanol–water partition coefficient (Wildman–Crippen LogP) is 3.47. The number of nitrogens with zero attached hydrogens (tertiary/aromatic N) is 1. The maximum Gasteiger partial charge on any atom is 0.0443 e. The summed E-state index contributed by atoms with van der Waals surface area (Å²) in [5.74, 6) is 0. The molecule has 0 amide bonds. The van der Waals surface area contributed by atoms with Gasteiger partial charge in [-0.15, -0.1) is 0 Å². The van der Waals surface area contributed by atoms with E-state index in [9.17, 15) is 0 Å². The summed E-state index contributed by atoms with van der Waals surface area (Å²) in [5.41, 5.74) is 10.7. The Hall–Kier alpha value is -2.00. The van der Waals surface area contributed by atoms with Crippen LogP contribution in [-0.4, -0.2) is 19.6 Å². The van der Waals surface area contributed by atoms with Gasteiger partial charge in [-0.3, -0.25) is 0 Å². The largest absolute Gasteiger partial charge is 0.399 e. The standard InChI is InChI=1S/C19H25N3/c1-3-5-17-18(4-2)22(16-8-6-15(20)7-9-16)14-19(17)10-12-21-13-11-19/h3-9,21H,2,10-14,20H2,1H3/b5-3-. The van der Waals surface area contributed by atoms with Gasteiger partial charge in [-0.2, -0.15) is 0 Å². The third-order valence-electron chi connectivity index (χ3n) is 4.89. The van der Waals surface area contributed by atoms with Gasteiger partial charge in [0.05, 0.1) is 0 Å². The van der Waals surface area contributed by atoms with Crippen LogP contribution in [0.15, 0.2) is 60.3 Å². The van der Waals surface area contributed by atoms with Crippen LogP contribution in [0.3, 0.4) is 0 Å². The molecule has 0 aliphatic carbocycles. The molecule has 1 aromatic rings. The van der Waals surface area contributed by atoms with E-state index in [0.29, 0.717) is 0 Å². The van der Waals surface area contributed by atoms with Crippen molar-refractivity contribution in [3.05, 3.63) is 60.3 Å². The number of hydrogen-bond donors (Lipinski definition) is 2. The highest BCUT2D eigenvalue weighted by molar-refractivity contribution is 5.64. The monoisotopic (exact) mass is 295 g/mol. The molecule has 1 fully saturated rings. The number of rotatable bonds is 3. The SMILES string of the molecule is C=CC1=C(/C=C\C)C2(CCNCC2)CN1c1ccc(N)cc1. The fourth-order valence-electron chi connectivity index (χ4n) is 3.76. The van der Waals surface area contributed by atoms with Gasteiger partial charge in [0.1, 0.15) is 0 Å². The van der Waals surface area contributed by atoms with Crippen molar-refractivity contribution in [1.82, 2.24) is 5.32 Å². The van der Waals surface area contributed by atoms with Gasteiger partial charge >= 0.3 is 0 Å². The van der Waals surface area contributed by atoms with E-state index in [-0.39, 0.29) is 5.41 Å². The second-order valence-electron chi connectivity index (χ2n) is 6.21.